The minimum atomic E-state index is -0.135. The van der Waals surface area contributed by atoms with E-state index in [9.17, 15) is 4.79 Å². The molecule has 0 aliphatic rings. The molecule has 0 spiro atoms. The Balaban J connectivity index is 0. The molecule has 1 aromatic rings. The number of unbranched alkanes of at least 4 members (excludes halogenated alkanes) is 1. The Morgan fingerprint density at radius 1 is 1.19 bits per heavy atom. The van der Waals surface area contributed by atoms with Gasteiger partial charge in [-0.3, -0.25) is 4.79 Å². The number of carbonyl (C=O) groups excluding carboxylic acids is 1. The van der Waals surface area contributed by atoms with Crippen molar-refractivity contribution in [2.45, 2.75) is 26.2 Å². The van der Waals surface area contributed by atoms with Crippen LogP contribution in [-0.4, -0.2) is 12.6 Å². The third kappa shape index (κ3) is 7.55. The van der Waals surface area contributed by atoms with E-state index < -0.39 is 0 Å². The normalized spacial score (nSPS) is 8.56. The third-order valence-corrected chi connectivity index (χ3v) is 1.95. The van der Waals surface area contributed by atoms with Crippen molar-refractivity contribution >= 4 is 30.8 Å². The predicted octanol–water partition coefficient (Wildman–Crippen LogP) is 3.42. The van der Waals surface area contributed by atoms with Gasteiger partial charge in [-0.05, 0) is 12.0 Å². The SMILES string of the molecule is CCCCOC(=O)Cc1ccccc1.Cl.Cl. The molecule has 92 valence electrons. The van der Waals surface area contributed by atoms with Crippen LogP contribution < -0.4 is 0 Å². The number of hydrogen-bond acceptors (Lipinski definition) is 2. The fourth-order valence-corrected chi connectivity index (χ4v) is 1.14. The van der Waals surface area contributed by atoms with E-state index >= 15 is 0 Å². The molecule has 0 aromatic heterocycles. The van der Waals surface area contributed by atoms with Crippen LogP contribution in [0.1, 0.15) is 25.3 Å². The molecule has 0 heterocycles. The quantitative estimate of drug-likeness (QED) is 0.602. The maximum Gasteiger partial charge on any atom is 0.310 e. The highest BCUT2D eigenvalue weighted by Crippen LogP contribution is 2.01. The van der Waals surface area contributed by atoms with E-state index in [1.54, 1.807) is 0 Å². The number of benzene rings is 1. The van der Waals surface area contributed by atoms with Crippen molar-refractivity contribution in [2.75, 3.05) is 6.61 Å². The van der Waals surface area contributed by atoms with Gasteiger partial charge in [-0.25, -0.2) is 0 Å². The minimum absolute atomic E-state index is 0. The molecule has 2 nitrogen and oxygen atoms in total. The molecule has 0 bridgehead atoms. The number of halogens is 2. The van der Waals surface area contributed by atoms with Crippen molar-refractivity contribution in [2.24, 2.45) is 0 Å². The number of rotatable bonds is 5. The smallest absolute Gasteiger partial charge is 0.310 e. The third-order valence-electron chi connectivity index (χ3n) is 1.95. The molecule has 4 heteroatoms. The molecule has 0 saturated carbocycles. The topological polar surface area (TPSA) is 26.3 Å². The molecule has 0 atom stereocenters. The highest BCUT2D eigenvalue weighted by molar-refractivity contribution is 5.85. The average Bonchev–Trinajstić information content (AvgIpc) is 2.20. The number of hydrogen-bond donors (Lipinski definition) is 0. The second kappa shape index (κ2) is 10.8. The van der Waals surface area contributed by atoms with Crippen LogP contribution >= 0.6 is 24.8 Å². The molecule has 16 heavy (non-hydrogen) atoms. The van der Waals surface area contributed by atoms with Gasteiger partial charge in [-0.1, -0.05) is 43.7 Å². The van der Waals surface area contributed by atoms with Gasteiger partial charge < -0.3 is 4.74 Å². The summed E-state index contributed by atoms with van der Waals surface area (Å²) >= 11 is 0. The van der Waals surface area contributed by atoms with Crippen LogP contribution in [0.15, 0.2) is 30.3 Å². The fourth-order valence-electron chi connectivity index (χ4n) is 1.14. The summed E-state index contributed by atoms with van der Waals surface area (Å²) in [6.45, 7) is 2.62. The van der Waals surface area contributed by atoms with Gasteiger partial charge in [-0.15, -0.1) is 24.8 Å². The van der Waals surface area contributed by atoms with Crippen molar-refractivity contribution in [1.82, 2.24) is 0 Å². The van der Waals surface area contributed by atoms with Gasteiger partial charge in [0.15, 0.2) is 0 Å². The molecule has 0 unspecified atom stereocenters. The van der Waals surface area contributed by atoms with E-state index in [1.165, 1.54) is 0 Å². The summed E-state index contributed by atoms with van der Waals surface area (Å²) in [6.07, 6.45) is 2.38. The van der Waals surface area contributed by atoms with Crippen LogP contribution in [0.2, 0.25) is 0 Å². The molecule has 1 rings (SSSR count). The van der Waals surface area contributed by atoms with Crippen molar-refractivity contribution in [3.05, 3.63) is 35.9 Å². The zero-order valence-corrected chi connectivity index (χ0v) is 11.0. The highest BCUT2D eigenvalue weighted by Gasteiger charge is 2.02. The molecular formula is C12H18Cl2O2. The van der Waals surface area contributed by atoms with Crippen molar-refractivity contribution < 1.29 is 9.53 Å². The van der Waals surface area contributed by atoms with E-state index in [1.807, 2.05) is 30.3 Å². The predicted molar refractivity (Wildman–Crippen MR) is 70.5 cm³/mol. The Bertz CT molecular complexity index is 276. The van der Waals surface area contributed by atoms with E-state index in [2.05, 4.69) is 6.92 Å². The summed E-state index contributed by atoms with van der Waals surface area (Å²) in [6, 6.07) is 9.65. The van der Waals surface area contributed by atoms with Crippen molar-refractivity contribution in [3.63, 3.8) is 0 Å². The number of ether oxygens (including phenoxy) is 1. The first-order valence-electron chi connectivity index (χ1n) is 5.02. The lowest BCUT2D eigenvalue weighted by molar-refractivity contribution is -0.142. The average molecular weight is 265 g/mol. The van der Waals surface area contributed by atoms with Crippen molar-refractivity contribution in [1.29, 1.82) is 0 Å². The first-order valence-corrected chi connectivity index (χ1v) is 5.02. The summed E-state index contributed by atoms with van der Waals surface area (Å²) in [5.41, 5.74) is 1.01. The maximum atomic E-state index is 11.3. The summed E-state index contributed by atoms with van der Waals surface area (Å²) in [4.78, 5) is 11.3. The molecule has 0 saturated heterocycles. The van der Waals surface area contributed by atoms with E-state index in [0.29, 0.717) is 13.0 Å². The second-order valence-electron chi connectivity index (χ2n) is 3.24. The Kier molecular flexibility index (Phi) is 11.9. The minimum Gasteiger partial charge on any atom is -0.465 e. The Morgan fingerprint density at radius 3 is 2.38 bits per heavy atom. The first kappa shape index (κ1) is 17.7. The van der Waals surface area contributed by atoms with Crippen LogP contribution in [0, 0.1) is 0 Å². The molecule has 0 aliphatic heterocycles. The monoisotopic (exact) mass is 264 g/mol. The van der Waals surface area contributed by atoms with Crippen molar-refractivity contribution in [3.8, 4) is 0 Å². The lowest BCUT2D eigenvalue weighted by Gasteiger charge is -2.03. The fraction of sp³-hybridized carbons (Fsp3) is 0.417. The summed E-state index contributed by atoms with van der Waals surface area (Å²) < 4.78 is 5.05. The lowest BCUT2D eigenvalue weighted by atomic mass is 10.2. The van der Waals surface area contributed by atoms with Gasteiger partial charge in [0.2, 0.25) is 0 Å². The molecule has 0 N–H and O–H groups in total. The summed E-state index contributed by atoms with van der Waals surface area (Å²) in [7, 11) is 0. The van der Waals surface area contributed by atoms with Gasteiger partial charge >= 0.3 is 5.97 Å². The Labute approximate surface area is 109 Å². The molecule has 0 fully saturated rings. The molecule has 1 aromatic carbocycles. The maximum absolute atomic E-state index is 11.3. The number of carbonyl (C=O) groups is 1. The lowest BCUT2D eigenvalue weighted by Crippen LogP contribution is -2.08. The number of esters is 1. The van der Waals surface area contributed by atoms with E-state index in [-0.39, 0.29) is 30.8 Å². The molecule has 0 amide bonds. The largest absolute Gasteiger partial charge is 0.465 e. The van der Waals surface area contributed by atoms with Crippen LogP contribution in [-0.2, 0) is 16.0 Å². The van der Waals surface area contributed by atoms with Gasteiger partial charge in [0.1, 0.15) is 0 Å². The summed E-state index contributed by atoms with van der Waals surface area (Å²) in [5.74, 6) is -0.135. The van der Waals surface area contributed by atoms with E-state index in [0.717, 1.165) is 18.4 Å². The molecular weight excluding hydrogens is 247 g/mol. The zero-order valence-electron chi connectivity index (χ0n) is 9.35. The Hall–Kier alpha value is -0.730. The van der Waals surface area contributed by atoms with Gasteiger partial charge in [0.05, 0.1) is 13.0 Å². The van der Waals surface area contributed by atoms with E-state index in [4.69, 9.17) is 4.74 Å². The van der Waals surface area contributed by atoms with Gasteiger partial charge in [-0.2, -0.15) is 0 Å². The summed E-state index contributed by atoms with van der Waals surface area (Å²) in [5, 5.41) is 0. The zero-order chi connectivity index (χ0) is 10.2. The standard InChI is InChI=1S/C12H16O2.2ClH/c1-2-3-9-14-12(13)10-11-7-5-4-6-8-11;;/h4-8H,2-3,9-10H2,1H3;2*1H. The van der Waals surface area contributed by atoms with Crippen LogP contribution in [0.5, 0.6) is 0 Å². The van der Waals surface area contributed by atoms with Gasteiger partial charge in [0.25, 0.3) is 0 Å². The van der Waals surface area contributed by atoms with Crippen LogP contribution in [0.4, 0.5) is 0 Å². The molecule has 0 radical (unpaired) electrons. The second-order valence-corrected chi connectivity index (χ2v) is 3.24. The highest BCUT2D eigenvalue weighted by atomic mass is 35.5. The van der Waals surface area contributed by atoms with Crippen LogP contribution in [0.25, 0.3) is 0 Å². The molecule has 0 aliphatic carbocycles. The van der Waals surface area contributed by atoms with Crippen LogP contribution in [0.3, 0.4) is 0 Å². The van der Waals surface area contributed by atoms with Gasteiger partial charge in [0, 0.05) is 0 Å². The first-order chi connectivity index (χ1) is 6.83. The Morgan fingerprint density at radius 2 is 1.81 bits per heavy atom.